The van der Waals surface area contributed by atoms with Crippen molar-refractivity contribution in [1.82, 2.24) is 14.6 Å². The van der Waals surface area contributed by atoms with Gasteiger partial charge >= 0.3 is 0 Å². The lowest BCUT2D eigenvalue weighted by molar-refractivity contribution is 0.899. The molecule has 0 radical (unpaired) electrons. The smallest absolute Gasteiger partial charge is 0.156 e. The van der Waals surface area contributed by atoms with Gasteiger partial charge in [-0.1, -0.05) is 24.3 Å². The first kappa shape index (κ1) is 10.8. The number of fused-ring (bicyclic) bond motifs is 1. The van der Waals surface area contributed by atoms with Crippen molar-refractivity contribution in [3.05, 3.63) is 59.5 Å². The van der Waals surface area contributed by atoms with Crippen LogP contribution in [0.25, 0.3) is 5.65 Å². The van der Waals surface area contributed by atoms with E-state index in [0.717, 1.165) is 17.9 Å². The molecule has 2 heterocycles. The van der Waals surface area contributed by atoms with Crippen molar-refractivity contribution in [2.24, 2.45) is 0 Å². The molecule has 2 aromatic heterocycles. The van der Waals surface area contributed by atoms with Crippen LogP contribution in [0.15, 0.2) is 42.6 Å². The maximum absolute atomic E-state index is 5.72. The van der Waals surface area contributed by atoms with Gasteiger partial charge in [-0.15, -0.1) is 0 Å². The Hall–Kier alpha value is -2.36. The predicted molar refractivity (Wildman–Crippen MR) is 71.4 cm³/mol. The van der Waals surface area contributed by atoms with Gasteiger partial charge in [-0.3, -0.25) is 0 Å². The molecule has 0 aliphatic carbocycles. The minimum Gasteiger partial charge on any atom is -0.397 e. The molecule has 3 aromatic rings. The van der Waals surface area contributed by atoms with E-state index < -0.39 is 0 Å². The van der Waals surface area contributed by atoms with Gasteiger partial charge in [0.25, 0.3) is 0 Å². The molecule has 0 bridgehead atoms. The van der Waals surface area contributed by atoms with E-state index in [0.29, 0.717) is 5.69 Å². The Labute approximate surface area is 105 Å². The number of hydrogen-bond donors (Lipinski definition) is 1. The van der Waals surface area contributed by atoms with Gasteiger partial charge in [-0.25, -0.2) is 9.50 Å². The minimum atomic E-state index is 0.690. The zero-order valence-electron chi connectivity index (χ0n) is 10.2. The second kappa shape index (κ2) is 4.14. The topological polar surface area (TPSA) is 56.2 Å². The van der Waals surface area contributed by atoms with Crippen molar-refractivity contribution in [3.63, 3.8) is 0 Å². The number of nitrogens with two attached hydrogens (primary N) is 1. The van der Waals surface area contributed by atoms with Gasteiger partial charge in [0.05, 0.1) is 11.9 Å². The molecule has 0 atom stereocenters. The Bertz CT molecular complexity index is 700. The predicted octanol–water partition coefficient (Wildman–Crippen LogP) is 2.21. The molecule has 0 saturated carbocycles. The number of rotatable bonds is 2. The van der Waals surface area contributed by atoms with Gasteiger partial charge in [0.1, 0.15) is 0 Å². The Morgan fingerprint density at radius 1 is 1.17 bits per heavy atom. The molecule has 0 aliphatic heterocycles. The fourth-order valence-electron chi connectivity index (χ4n) is 2.00. The van der Waals surface area contributed by atoms with E-state index in [-0.39, 0.29) is 0 Å². The molecule has 0 saturated heterocycles. The number of nitrogens with zero attached hydrogens (tertiary/aromatic N) is 3. The largest absolute Gasteiger partial charge is 0.397 e. The zero-order valence-corrected chi connectivity index (χ0v) is 10.2. The van der Waals surface area contributed by atoms with Gasteiger partial charge in [0.2, 0.25) is 0 Å². The molecular weight excluding hydrogens is 224 g/mol. The van der Waals surface area contributed by atoms with Crippen molar-refractivity contribution in [3.8, 4) is 0 Å². The van der Waals surface area contributed by atoms with Gasteiger partial charge in [0.15, 0.2) is 11.5 Å². The third kappa shape index (κ3) is 1.93. The summed E-state index contributed by atoms with van der Waals surface area (Å²) in [6, 6.07) is 12.0. The molecule has 3 rings (SSSR count). The minimum absolute atomic E-state index is 0.690. The molecule has 4 nitrogen and oxygen atoms in total. The fraction of sp³-hybridized carbons (Fsp3) is 0.143. The van der Waals surface area contributed by atoms with Crippen LogP contribution in [0.4, 0.5) is 5.69 Å². The maximum atomic E-state index is 5.72. The molecule has 0 amide bonds. The first-order valence-electron chi connectivity index (χ1n) is 5.88. The van der Waals surface area contributed by atoms with Crippen molar-refractivity contribution in [1.29, 1.82) is 0 Å². The average molecular weight is 238 g/mol. The second-order valence-corrected chi connectivity index (χ2v) is 4.40. The molecule has 0 spiro atoms. The summed E-state index contributed by atoms with van der Waals surface area (Å²) in [6.45, 7) is 2.10. The van der Waals surface area contributed by atoms with E-state index in [1.165, 1.54) is 11.1 Å². The van der Waals surface area contributed by atoms with Crippen LogP contribution in [0.3, 0.4) is 0 Å². The van der Waals surface area contributed by atoms with Crippen LogP contribution in [0.5, 0.6) is 0 Å². The second-order valence-electron chi connectivity index (χ2n) is 4.40. The normalized spacial score (nSPS) is 10.9. The van der Waals surface area contributed by atoms with Crippen molar-refractivity contribution in [2.75, 3.05) is 5.73 Å². The van der Waals surface area contributed by atoms with E-state index in [1.807, 2.05) is 24.3 Å². The zero-order chi connectivity index (χ0) is 12.5. The van der Waals surface area contributed by atoms with Crippen LogP contribution in [0.1, 0.15) is 17.0 Å². The SMILES string of the molecule is Cc1ccccc1Cc1nc2ccc(N)cn2n1. The Morgan fingerprint density at radius 2 is 2.00 bits per heavy atom. The van der Waals surface area contributed by atoms with Gasteiger partial charge in [-0.2, -0.15) is 5.10 Å². The molecule has 2 N–H and O–H groups in total. The summed E-state index contributed by atoms with van der Waals surface area (Å²) < 4.78 is 1.73. The molecule has 0 fully saturated rings. The first-order chi connectivity index (χ1) is 8.72. The van der Waals surface area contributed by atoms with Crippen LogP contribution >= 0.6 is 0 Å². The lowest BCUT2D eigenvalue weighted by atomic mass is 10.1. The number of nitrogen functional groups attached to an aromatic ring is 1. The summed E-state index contributed by atoms with van der Waals surface area (Å²) in [7, 11) is 0. The molecule has 4 heteroatoms. The highest BCUT2D eigenvalue weighted by Gasteiger charge is 2.06. The van der Waals surface area contributed by atoms with Gasteiger partial charge < -0.3 is 5.73 Å². The molecule has 0 unspecified atom stereocenters. The maximum Gasteiger partial charge on any atom is 0.156 e. The molecule has 90 valence electrons. The van der Waals surface area contributed by atoms with Gasteiger partial charge in [0, 0.05) is 6.42 Å². The fourth-order valence-corrected chi connectivity index (χ4v) is 2.00. The summed E-state index contributed by atoms with van der Waals surface area (Å²) >= 11 is 0. The molecule has 18 heavy (non-hydrogen) atoms. The highest BCUT2D eigenvalue weighted by atomic mass is 15.3. The first-order valence-corrected chi connectivity index (χ1v) is 5.88. The number of pyridine rings is 1. The summed E-state index contributed by atoms with van der Waals surface area (Å²) in [5.41, 5.74) is 9.75. The summed E-state index contributed by atoms with van der Waals surface area (Å²) in [6.07, 6.45) is 2.53. The number of benzene rings is 1. The molecule has 1 aromatic carbocycles. The molecular formula is C14H14N4. The number of anilines is 1. The summed E-state index contributed by atoms with van der Waals surface area (Å²) in [5, 5.41) is 4.44. The van der Waals surface area contributed by atoms with Crippen molar-refractivity contribution in [2.45, 2.75) is 13.3 Å². The Morgan fingerprint density at radius 3 is 2.83 bits per heavy atom. The van der Waals surface area contributed by atoms with Crippen molar-refractivity contribution < 1.29 is 0 Å². The van der Waals surface area contributed by atoms with Gasteiger partial charge in [-0.05, 0) is 30.2 Å². The number of hydrogen-bond acceptors (Lipinski definition) is 3. The van der Waals surface area contributed by atoms with E-state index in [4.69, 9.17) is 5.73 Å². The van der Waals surface area contributed by atoms with E-state index in [1.54, 1.807) is 10.7 Å². The third-order valence-electron chi connectivity index (χ3n) is 3.01. The standard InChI is InChI=1S/C14H14N4/c1-10-4-2-3-5-11(10)8-13-16-14-7-6-12(15)9-18(14)17-13/h2-7,9H,8,15H2,1H3. The highest BCUT2D eigenvalue weighted by Crippen LogP contribution is 2.13. The lowest BCUT2D eigenvalue weighted by Crippen LogP contribution is -1.95. The summed E-state index contributed by atoms with van der Waals surface area (Å²) in [5.74, 6) is 0.815. The van der Waals surface area contributed by atoms with Crippen LogP contribution in [0, 0.1) is 6.92 Å². The average Bonchev–Trinajstić information content (AvgIpc) is 2.73. The van der Waals surface area contributed by atoms with E-state index >= 15 is 0 Å². The summed E-state index contributed by atoms with van der Waals surface area (Å²) in [4.78, 5) is 4.49. The monoisotopic (exact) mass is 238 g/mol. The Balaban J connectivity index is 1.98. The lowest BCUT2D eigenvalue weighted by Gasteiger charge is -2.01. The highest BCUT2D eigenvalue weighted by molar-refractivity contribution is 5.46. The third-order valence-corrected chi connectivity index (χ3v) is 3.01. The van der Waals surface area contributed by atoms with E-state index in [9.17, 15) is 0 Å². The van der Waals surface area contributed by atoms with Crippen LogP contribution in [-0.4, -0.2) is 14.6 Å². The van der Waals surface area contributed by atoms with Crippen LogP contribution in [0.2, 0.25) is 0 Å². The Kier molecular flexibility index (Phi) is 2.48. The van der Waals surface area contributed by atoms with Crippen LogP contribution < -0.4 is 5.73 Å². The van der Waals surface area contributed by atoms with Crippen molar-refractivity contribution >= 4 is 11.3 Å². The van der Waals surface area contributed by atoms with Crippen LogP contribution in [-0.2, 0) is 6.42 Å². The molecule has 0 aliphatic rings. The number of aromatic nitrogens is 3. The number of aryl methyl sites for hydroxylation is 1. The van der Waals surface area contributed by atoms with E-state index in [2.05, 4.69) is 29.1 Å². The quantitative estimate of drug-likeness (QED) is 0.744.